The zero-order valence-corrected chi connectivity index (χ0v) is 33.5. The summed E-state index contributed by atoms with van der Waals surface area (Å²) in [5.41, 5.74) is 2.20. The standard InChI is InChI=1S/2C20H28O3S.Ca/c2*1-2-3-4-5-6-7-8-9-11-17-14-15-18-12-10-13-20(19(18)16-17)24(21,22)23;/h2*10,12-16H,2-9,11H2,1H3,(H,21,22,23);/q;;+2/p-2. The SMILES string of the molecule is CCCCCCCCCCc1ccc2cccc(S(=O)(=O)[O-])c2c1.CCCCCCCCCCc1ccc2cccc(S(=O)(=O)[O-])c2c1.[Ca+2]. The second-order valence-corrected chi connectivity index (χ2v) is 15.7. The minimum Gasteiger partial charge on any atom is -0.744 e. The van der Waals surface area contributed by atoms with E-state index in [1.165, 1.54) is 102 Å². The van der Waals surface area contributed by atoms with Gasteiger partial charge in [-0.3, -0.25) is 0 Å². The number of fused-ring (bicyclic) bond motifs is 2. The smallest absolute Gasteiger partial charge is 0.744 e. The van der Waals surface area contributed by atoms with Gasteiger partial charge < -0.3 is 9.11 Å². The van der Waals surface area contributed by atoms with Crippen molar-refractivity contribution >= 4 is 79.5 Å². The van der Waals surface area contributed by atoms with Gasteiger partial charge in [-0.25, -0.2) is 16.8 Å². The molecule has 0 spiro atoms. The second kappa shape index (κ2) is 23.1. The first kappa shape index (κ1) is 43.6. The minimum absolute atomic E-state index is 0. The van der Waals surface area contributed by atoms with Crippen LogP contribution >= 0.6 is 0 Å². The van der Waals surface area contributed by atoms with Gasteiger partial charge in [-0.1, -0.05) is 152 Å². The van der Waals surface area contributed by atoms with Crippen LogP contribution in [0, 0.1) is 0 Å². The molecule has 0 radical (unpaired) electrons. The molecule has 6 nitrogen and oxygen atoms in total. The fourth-order valence-corrected chi connectivity index (χ4v) is 7.64. The molecule has 0 aromatic heterocycles. The van der Waals surface area contributed by atoms with Gasteiger partial charge in [0, 0.05) is 0 Å². The molecule has 4 aromatic rings. The van der Waals surface area contributed by atoms with Crippen molar-refractivity contribution in [3.8, 4) is 0 Å². The van der Waals surface area contributed by atoms with E-state index in [-0.39, 0.29) is 47.5 Å². The van der Waals surface area contributed by atoms with Gasteiger partial charge >= 0.3 is 37.7 Å². The van der Waals surface area contributed by atoms with Gasteiger partial charge in [-0.2, -0.15) is 0 Å². The van der Waals surface area contributed by atoms with E-state index < -0.39 is 20.2 Å². The van der Waals surface area contributed by atoms with E-state index >= 15 is 0 Å². The molecule has 0 saturated carbocycles. The van der Waals surface area contributed by atoms with E-state index in [2.05, 4.69) is 13.8 Å². The molecule has 0 aliphatic carbocycles. The van der Waals surface area contributed by atoms with Crippen LogP contribution in [0.25, 0.3) is 21.5 Å². The first-order valence-corrected chi connectivity index (χ1v) is 20.8. The van der Waals surface area contributed by atoms with Crippen LogP contribution in [0.4, 0.5) is 0 Å². The van der Waals surface area contributed by atoms with Crippen LogP contribution in [0.15, 0.2) is 82.6 Å². The van der Waals surface area contributed by atoms with Crippen LogP contribution < -0.4 is 0 Å². The van der Waals surface area contributed by atoms with Gasteiger partial charge in [0.15, 0.2) is 0 Å². The van der Waals surface area contributed by atoms with E-state index in [0.29, 0.717) is 10.8 Å². The molecular formula is C40H54CaO6S2. The molecule has 0 unspecified atom stereocenters. The van der Waals surface area contributed by atoms with Crippen molar-refractivity contribution in [1.29, 1.82) is 0 Å². The molecule has 9 heteroatoms. The van der Waals surface area contributed by atoms with E-state index in [0.717, 1.165) is 47.6 Å². The Morgan fingerprint density at radius 1 is 0.449 bits per heavy atom. The zero-order valence-electron chi connectivity index (χ0n) is 29.6. The van der Waals surface area contributed by atoms with Crippen LogP contribution in [-0.4, -0.2) is 63.7 Å². The van der Waals surface area contributed by atoms with Crippen molar-refractivity contribution in [2.24, 2.45) is 0 Å². The van der Waals surface area contributed by atoms with Gasteiger partial charge in [-0.05, 0) is 82.6 Å². The van der Waals surface area contributed by atoms with Gasteiger partial charge in [0.25, 0.3) is 0 Å². The number of hydrogen-bond acceptors (Lipinski definition) is 6. The van der Waals surface area contributed by atoms with Crippen LogP contribution in [0.2, 0.25) is 0 Å². The van der Waals surface area contributed by atoms with Crippen LogP contribution in [-0.2, 0) is 33.1 Å². The molecule has 4 aromatic carbocycles. The molecule has 0 aliphatic heterocycles. The Labute approximate surface area is 326 Å². The maximum Gasteiger partial charge on any atom is 2.00 e. The van der Waals surface area contributed by atoms with Crippen molar-refractivity contribution in [2.45, 2.75) is 139 Å². The number of rotatable bonds is 20. The quantitative estimate of drug-likeness (QED) is 0.0507. The van der Waals surface area contributed by atoms with Gasteiger partial charge in [0.2, 0.25) is 0 Å². The predicted octanol–water partition coefficient (Wildman–Crippen LogP) is 10.5. The maximum absolute atomic E-state index is 11.4. The summed E-state index contributed by atoms with van der Waals surface area (Å²) in [6.07, 6.45) is 22.2. The van der Waals surface area contributed by atoms with Crippen LogP contribution in [0.5, 0.6) is 0 Å². The fourth-order valence-electron chi connectivity index (χ4n) is 6.26. The molecule has 0 atom stereocenters. The third kappa shape index (κ3) is 15.7. The third-order valence-corrected chi connectivity index (χ3v) is 10.8. The Bertz CT molecular complexity index is 1640. The average molecular weight is 735 g/mol. The normalized spacial score (nSPS) is 11.7. The van der Waals surface area contributed by atoms with E-state index in [1.807, 2.05) is 48.5 Å². The Morgan fingerprint density at radius 2 is 0.776 bits per heavy atom. The molecule has 0 amide bonds. The fraction of sp³-hybridized carbons (Fsp3) is 0.500. The minimum atomic E-state index is -4.44. The molecule has 264 valence electrons. The Balaban J connectivity index is 0.000000333. The summed E-state index contributed by atoms with van der Waals surface area (Å²) in [7, 11) is -8.87. The second-order valence-electron chi connectivity index (χ2n) is 13.0. The van der Waals surface area contributed by atoms with Crippen LogP contribution in [0.1, 0.15) is 128 Å². The number of aryl methyl sites for hydroxylation is 2. The molecular weight excluding hydrogens is 681 g/mol. The molecule has 0 fully saturated rings. The van der Waals surface area contributed by atoms with Crippen molar-refractivity contribution in [3.63, 3.8) is 0 Å². The van der Waals surface area contributed by atoms with Gasteiger partial charge in [0.1, 0.15) is 20.2 Å². The molecule has 0 aliphatic rings. The summed E-state index contributed by atoms with van der Waals surface area (Å²) in [4.78, 5) is -0.226. The summed E-state index contributed by atoms with van der Waals surface area (Å²) in [5, 5.41) is 2.69. The molecule has 0 bridgehead atoms. The van der Waals surface area contributed by atoms with Crippen molar-refractivity contribution in [1.82, 2.24) is 0 Å². The number of hydrogen-bond donors (Lipinski definition) is 0. The summed E-state index contributed by atoms with van der Waals surface area (Å²) >= 11 is 0. The molecule has 0 heterocycles. The zero-order chi connectivity index (χ0) is 34.8. The first-order chi connectivity index (χ1) is 23.0. The van der Waals surface area contributed by atoms with Crippen molar-refractivity contribution in [2.75, 3.05) is 0 Å². The predicted molar refractivity (Wildman–Crippen MR) is 202 cm³/mol. The molecule has 49 heavy (non-hydrogen) atoms. The van der Waals surface area contributed by atoms with E-state index in [4.69, 9.17) is 0 Å². The number of unbranched alkanes of at least 4 members (excludes halogenated alkanes) is 14. The van der Waals surface area contributed by atoms with E-state index in [1.54, 1.807) is 12.1 Å². The Kier molecular flexibility index (Phi) is 20.6. The Morgan fingerprint density at radius 3 is 1.10 bits per heavy atom. The monoisotopic (exact) mass is 734 g/mol. The van der Waals surface area contributed by atoms with Crippen LogP contribution in [0.3, 0.4) is 0 Å². The largest absolute Gasteiger partial charge is 2.00 e. The van der Waals surface area contributed by atoms with Crippen molar-refractivity contribution in [3.05, 3.63) is 83.9 Å². The first-order valence-electron chi connectivity index (χ1n) is 18.0. The maximum atomic E-state index is 11.4. The molecule has 4 rings (SSSR count). The number of benzene rings is 4. The average Bonchev–Trinajstić information content (AvgIpc) is 3.06. The van der Waals surface area contributed by atoms with Gasteiger partial charge in [0.05, 0.1) is 9.79 Å². The van der Waals surface area contributed by atoms with E-state index in [9.17, 15) is 25.9 Å². The third-order valence-electron chi connectivity index (χ3n) is 8.99. The topological polar surface area (TPSA) is 114 Å². The van der Waals surface area contributed by atoms with Crippen molar-refractivity contribution < 1.29 is 25.9 Å². The van der Waals surface area contributed by atoms with Gasteiger partial charge in [-0.15, -0.1) is 0 Å². The molecule has 0 N–H and O–H groups in total. The summed E-state index contributed by atoms with van der Waals surface area (Å²) in [6, 6.07) is 21.3. The Hall–Kier alpha value is -1.52. The summed E-state index contributed by atoms with van der Waals surface area (Å²) in [6.45, 7) is 4.46. The summed E-state index contributed by atoms with van der Waals surface area (Å²) in [5.74, 6) is 0. The molecule has 0 saturated heterocycles. The summed E-state index contributed by atoms with van der Waals surface area (Å²) < 4.78 is 68.5.